The maximum absolute atomic E-state index is 12.3. The van der Waals surface area contributed by atoms with E-state index in [9.17, 15) is 9.59 Å². The van der Waals surface area contributed by atoms with Gasteiger partial charge in [-0.1, -0.05) is 20.3 Å². The van der Waals surface area contributed by atoms with Crippen LogP contribution >= 0.6 is 0 Å². The SMILES string of the molecule is CCC(C)[C@H](N)C(=O)N1CCCC1C(=O)N(C)C. The van der Waals surface area contributed by atoms with Crippen molar-refractivity contribution in [2.45, 2.75) is 45.2 Å². The van der Waals surface area contributed by atoms with E-state index in [0.717, 1.165) is 19.3 Å². The summed E-state index contributed by atoms with van der Waals surface area (Å²) >= 11 is 0. The Labute approximate surface area is 109 Å². The van der Waals surface area contributed by atoms with E-state index in [1.54, 1.807) is 23.9 Å². The van der Waals surface area contributed by atoms with Crippen molar-refractivity contribution in [2.24, 2.45) is 11.7 Å². The largest absolute Gasteiger partial charge is 0.347 e. The van der Waals surface area contributed by atoms with E-state index in [1.807, 2.05) is 13.8 Å². The minimum atomic E-state index is -0.495. The lowest BCUT2D eigenvalue weighted by molar-refractivity contribution is -0.143. The van der Waals surface area contributed by atoms with Gasteiger partial charge in [-0.25, -0.2) is 0 Å². The van der Waals surface area contributed by atoms with Crippen LogP contribution in [0.15, 0.2) is 0 Å². The molecule has 0 aliphatic carbocycles. The molecule has 0 aromatic rings. The van der Waals surface area contributed by atoms with Crippen LogP contribution < -0.4 is 5.73 Å². The van der Waals surface area contributed by atoms with E-state index in [0.29, 0.717) is 6.54 Å². The molecule has 0 radical (unpaired) electrons. The summed E-state index contributed by atoms with van der Waals surface area (Å²) in [4.78, 5) is 27.5. The molecule has 0 saturated carbocycles. The van der Waals surface area contributed by atoms with Crippen LogP contribution in [0.2, 0.25) is 0 Å². The number of rotatable bonds is 4. The van der Waals surface area contributed by atoms with Gasteiger partial charge in [-0.3, -0.25) is 9.59 Å². The molecule has 1 aliphatic heterocycles. The van der Waals surface area contributed by atoms with Crippen molar-refractivity contribution in [3.05, 3.63) is 0 Å². The molecule has 104 valence electrons. The molecule has 2 N–H and O–H groups in total. The summed E-state index contributed by atoms with van der Waals surface area (Å²) < 4.78 is 0. The number of nitrogens with two attached hydrogens (primary N) is 1. The van der Waals surface area contributed by atoms with Gasteiger partial charge < -0.3 is 15.5 Å². The number of hydrogen-bond acceptors (Lipinski definition) is 3. The van der Waals surface area contributed by atoms with Crippen molar-refractivity contribution in [3.8, 4) is 0 Å². The van der Waals surface area contributed by atoms with Crippen molar-refractivity contribution >= 4 is 11.8 Å². The third kappa shape index (κ3) is 3.02. The molecule has 1 rings (SSSR count). The van der Waals surface area contributed by atoms with Crippen molar-refractivity contribution in [3.63, 3.8) is 0 Å². The zero-order chi connectivity index (χ0) is 13.9. The van der Waals surface area contributed by atoms with Gasteiger partial charge in [0.1, 0.15) is 6.04 Å². The van der Waals surface area contributed by atoms with Crippen LogP contribution in [0.5, 0.6) is 0 Å². The Morgan fingerprint density at radius 3 is 2.56 bits per heavy atom. The molecule has 5 nitrogen and oxygen atoms in total. The molecule has 1 fully saturated rings. The summed E-state index contributed by atoms with van der Waals surface area (Å²) in [6.07, 6.45) is 2.49. The minimum Gasteiger partial charge on any atom is -0.347 e. The molecule has 1 aliphatic rings. The van der Waals surface area contributed by atoms with E-state index in [4.69, 9.17) is 5.73 Å². The van der Waals surface area contributed by atoms with Gasteiger partial charge >= 0.3 is 0 Å². The fourth-order valence-electron chi connectivity index (χ4n) is 2.27. The lowest BCUT2D eigenvalue weighted by Gasteiger charge is -2.30. The lowest BCUT2D eigenvalue weighted by Crippen LogP contribution is -2.52. The molecule has 3 atom stereocenters. The van der Waals surface area contributed by atoms with E-state index in [-0.39, 0.29) is 23.8 Å². The first kappa shape index (κ1) is 15.0. The number of hydrogen-bond donors (Lipinski definition) is 1. The van der Waals surface area contributed by atoms with Crippen LogP contribution in [0.4, 0.5) is 0 Å². The molecule has 1 heterocycles. The monoisotopic (exact) mass is 255 g/mol. The number of likely N-dealkylation sites (tertiary alicyclic amines) is 1. The zero-order valence-corrected chi connectivity index (χ0v) is 11.8. The fourth-order valence-corrected chi connectivity index (χ4v) is 2.27. The van der Waals surface area contributed by atoms with Gasteiger partial charge in [0, 0.05) is 20.6 Å². The number of nitrogens with zero attached hydrogens (tertiary/aromatic N) is 2. The van der Waals surface area contributed by atoms with Gasteiger partial charge in [0.05, 0.1) is 6.04 Å². The number of likely N-dealkylation sites (N-methyl/N-ethyl adjacent to an activating group) is 1. The first-order valence-corrected chi connectivity index (χ1v) is 6.67. The van der Waals surface area contributed by atoms with Crippen LogP contribution in [0.25, 0.3) is 0 Å². The molecule has 1 saturated heterocycles. The number of carbonyl (C=O) groups excluding carboxylic acids is 2. The summed E-state index contributed by atoms with van der Waals surface area (Å²) in [7, 11) is 3.44. The predicted octanol–water partition coefficient (Wildman–Crippen LogP) is 0.439. The highest BCUT2D eigenvalue weighted by atomic mass is 16.2. The summed E-state index contributed by atoms with van der Waals surface area (Å²) in [5.41, 5.74) is 5.97. The van der Waals surface area contributed by atoms with Gasteiger partial charge in [-0.2, -0.15) is 0 Å². The van der Waals surface area contributed by atoms with E-state index in [2.05, 4.69) is 0 Å². The second-order valence-electron chi connectivity index (χ2n) is 5.33. The highest BCUT2D eigenvalue weighted by Crippen LogP contribution is 2.21. The Morgan fingerprint density at radius 1 is 1.44 bits per heavy atom. The minimum absolute atomic E-state index is 0.00259. The molecule has 0 aromatic heterocycles. The average Bonchev–Trinajstić information content (AvgIpc) is 2.83. The maximum atomic E-state index is 12.3. The summed E-state index contributed by atoms with van der Waals surface area (Å²) in [6.45, 7) is 4.64. The van der Waals surface area contributed by atoms with Gasteiger partial charge in [-0.05, 0) is 18.8 Å². The standard InChI is InChI=1S/C13H25N3O2/c1-5-9(2)11(14)13(18)16-8-6-7-10(16)12(17)15(3)4/h9-11H,5-8,14H2,1-4H3/t9?,10?,11-/m0/s1. The molecule has 2 amide bonds. The van der Waals surface area contributed by atoms with Crippen LogP contribution in [0.3, 0.4) is 0 Å². The van der Waals surface area contributed by atoms with Crippen molar-refractivity contribution in [2.75, 3.05) is 20.6 Å². The summed E-state index contributed by atoms with van der Waals surface area (Å²) in [5.74, 6) is 0.0625. The average molecular weight is 255 g/mol. The number of carbonyl (C=O) groups is 2. The third-order valence-electron chi connectivity index (χ3n) is 3.80. The second-order valence-corrected chi connectivity index (χ2v) is 5.33. The lowest BCUT2D eigenvalue weighted by atomic mass is 9.98. The van der Waals surface area contributed by atoms with E-state index < -0.39 is 6.04 Å². The molecule has 0 aromatic carbocycles. The Morgan fingerprint density at radius 2 is 2.06 bits per heavy atom. The maximum Gasteiger partial charge on any atom is 0.244 e. The van der Waals surface area contributed by atoms with Gasteiger partial charge in [-0.15, -0.1) is 0 Å². The predicted molar refractivity (Wildman–Crippen MR) is 70.9 cm³/mol. The molecule has 2 unspecified atom stereocenters. The molecule has 5 heteroatoms. The topological polar surface area (TPSA) is 66.6 Å². The van der Waals surface area contributed by atoms with Crippen molar-refractivity contribution < 1.29 is 9.59 Å². The Hall–Kier alpha value is -1.10. The third-order valence-corrected chi connectivity index (χ3v) is 3.80. The van der Waals surface area contributed by atoms with Crippen molar-refractivity contribution in [1.82, 2.24) is 9.80 Å². The van der Waals surface area contributed by atoms with E-state index in [1.165, 1.54) is 0 Å². The van der Waals surface area contributed by atoms with Crippen LogP contribution in [0, 0.1) is 5.92 Å². The molecule has 0 spiro atoms. The van der Waals surface area contributed by atoms with Gasteiger partial charge in [0.15, 0.2) is 0 Å². The zero-order valence-electron chi connectivity index (χ0n) is 11.8. The van der Waals surface area contributed by atoms with Crippen LogP contribution in [-0.2, 0) is 9.59 Å². The highest BCUT2D eigenvalue weighted by Gasteiger charge is 2.37. The smallest absolute Gasteiger partial charge is 0.244 e. The molecule has 18 heavy (non-hydrogen) atoms. The number of amides is 2. The first-order chi connectivity index (χ1) is 8.40. The summed E-state index contributed by atoms with van der Waals surface area (Å²) in [5, 5.41) is 0. The van der Waals surface area contributed by atoms with Crippen LogP contribution in [-0.4, -0.2) is 54.3 Å². The highest BCUT2D eigenvalue weighted by molar-refractivity contribution is 5.90. The van der Waals surface area contributed by atoms with Gasteiger partial charge in [0.25, 0.3) is 0 Å². The second kappa shape index (κ2) is 6.18. The van der Waals surface area contributed by atoms with Crippen molar-refractivity contribution in [1.29, 1.82) is 0 Å². The molecular formula is C13H25N3O2. The first-order valence-electron chi connectivity index (χ1n) is 6.67. The quantitative estimate of drug-likeness (QED) is 0.792. The normalized spacial score (nSPS) is 22.7. The summed E-state index contributed by atoms with van der Waals surface area (Å²) in [6, 6.07) is -0.812. The molecular weight excluding hydrogens is 230 g/mol. The van der Waals surface area contributed by atoms with E-state index >= 15 is 0 Å². The fraction of sp³-hybridized carbons (Fsp3) is 0.846. The Bertz CT molecular complexity index is 317. The van der Waals surface area contributed by atoms with Gasteiger partial charge in [0.2, 0.25) is 11.8 Å². The Balaban J connectivity index is 2.75. The molecule has 0 bridgehead atoms. The van der Waals surface area contributed by atoms with Crippen LogP contribution in [0.1, 0.15) is 33.1 Å². The Kier molecular flexibility index (Phi) is 5.14.